The van der Waals surface area contributed by atoms with Crippen LogP contribution in [-0.2, 0) is 0 Å². The van der Waals surface area contributed by atoms with Gasteiger partial charge in [-0.05, 0) is 51.7 Å². The van der Waals surface area contributed by atoms with Crippen molar-refractivity contribution in [2.24, 2.45) is 0 Å². The maximum atomic E-state index is 11.2. The summed E-state index contributed by atoms with van der Waals surface area (Å²) in [4.78, 5) is 10.9. The lowest BCUT2D eigenvalue weighted by Crippen LogP contribution is -2.07. The monoisotopic (exact) mass is 338 g/mol. The van der Waals surface area contributed by atoms with Gasteiger partial charge in [-0.1, -0.05) is 27.7 Å². The van der Waals surface area contributed by atoms with Crippen LogP contribution in [-0.4, -0.2) is 4.92 Å². The van der Waals surface area contributed by atoms with Crippen molar-refractivity contribution in [1.82, 2.24) is 0 Å². The minimum absolute atomic E-state index is 0.0506. The molecule has 0 amide bonds. The van der Waals surface area contributed by atoms with Gasteiger partial charge in [-0.2, -0.15) is 5.26 Å². The maximum absolute atomic E-state index is 11.2. The van der Waals surface area contributed by atoms with Gasteiger partial charge < -0.3 is 0 Å². The molecule has 0 aliphatic rings. The molecule has 108 valence electrons. The SMILES string of the molecule is CCC(C)c1cc([N+](=O)[O-])c(Br)c(C(C)CC)c1C#N. The molecule has 0 heterocycles. The first-order valence-corrected chi connectivity index (χ1v) is 7.58. The van der Waals surface area contributed by atoms with Gasteiger partial charge in [-0.3, -0.25) is 10.1 Å². The summed E-state index contributed by atoms with van der Waals surface area (Å²) >= 11 is 3.33. The normalized spacial score (nSPS) is 13.6. The summed E-state index contributed by atoms with van der Waals surface area (Å²) in [5, 5.41) is 20.7. The molecule has 1 aromatic carbocycles. The van der Waals surface area contributed by atoms with Crippen LogP contribution in [0.4, 0.5) is 5.69 Å². The van der Waals surface area contributed by atoms with E-state index in [0.29, 0.717) is 10.0 Å². The molecule has 0 aliphatic heterocycles. The van der Waals surface area contributed by atoms with Crippen molar-refractivity contribution in [2.45, 2.75) is 52.4 Å². The van der Waals surface area contributed by atoms with E-state index < -0.39 is 0 Å². The number of benzene rings is 1. The molecule has 0 saturated carbocycles. The van der Waals surface area contributed by atoms with Gasteiger partial charge in [0.15, 0.2) is 0 Å². The van der Waals surface area contributed by atoms with E-state index in [0.717, 1.165) is 24.0 Å². The molecule has 0 fully saturated rings. The predicted octanol–water partition coefficient (Wildman–Crippen LogP) is 5.26. The Labute approximate surface area is 128 Å². The van der Waals surface area contributed by atoms with Crippen molar-refractivity contribution in [2.75, 3.05) is 0 Å². The molecule has 0 saturated heterocycles. The van der Waals surface area contributed by atoms with Gasteiger partial charge in [0.1, 0.15) is 0 Å². The highest BCUT2D eigenvalue weighted by atomic mass is 79.9. The topological polar surface area (TPSA) is 66.9 Å². The van der Waals surface area contributed by atoms with E-state index in [9.17, 15) is 15.4 Å². The van der Waals surface area contributed by atoms with Gasteiger partial charge in [0, 0.05) is 6.07 Å². The largest absolute Gasteiger partial charge is 0.284 e. The lowest BCUT2D eigenvalue weighted by atomic mass is 9.85. The first-order chi connectivity index (χ1) is 9.38. The summed E-state index contributed by atoms with van der Waals surface area (Å²) in [7, 11) is 0. The Morgan fingerprint density at radius 2 is 1.90 bits per heavy atom. The fourth-order valence-electron chi connectivity index (χ4n) is 2.22. The highest BCUT2D eigenvalue weighted by Crippen LogP contribution is 2.41. The number of nitriles is 1. The minimum atomic E-state index is -0.386. The molecule has 0 bridgehead atoms. The number of halogens is 1. The Morgan fingerprint density at radius 1 is 1.35 bits per heavy atom. The zero-order valence-electron chi connectivity index (χ0n) is 12.2. The van der Waals surface area contributed by atoms with Crippen molar-refractivity contribution in [3.05, 3.63) is 37.3 Å². The van der Waals surface area contributed by atoms with Gasteiger partial charge in [0.2, 0.25) is 0 Å². The van der Waals surface area contributed by atoms with E-state index >= 15 is 0 Å². The van der Waals surface area contributed by atoms with Crippen LogP contribution < -0.4 is 0 Å². The number of rotatable bonds is 5. The van der Waals surface area contributed by atoms with Crippen LogP contribution in [0.3, 0.4) is 0 Å². The van der Waals surface area contributed by atoms with Crippen LogP contribution in [0.5, 0.6) is 0 Å². The molecule has 1 rings (SSSR count). The number of nitrogens with zero attached hydrogens (tertiary/aromatic N) is 2. The smallest absolute Gasteiger partial charge is 0.258 e. The summed E-state index contributed by atoms with van der Waals surface area (Å²) in [6, 6.07) is 3.79. The Bertz CT molecular complexity index is 564. The first-order valence-electron chi connectivity index (χ1n) is 6.79. The Hall–Kier alpha value is -1.41. The van der Waals surface area contributed by atoms with Gasteiger partial charge >= 0.3 is 0 Å². The fraction of sp³-hybridized carbons (Fsp3) is 0.533. The molecule has 0 radical (unpaired) electrons. The average Bonchev–Trinajstić information content (AvgIpc) is 2.44. The molecule has 1 aromatic rings. The molecule has 0 spiro atoms. The van der Waals surface area contributed by atoms with Crippen molar-refractivity contribution in [3.63, 3.8) is 0 Å². The maximum Gasteiger partial charge on any atom is 0.284 e. The molecule has 0 aliphatic carbocycles. The summed E-state index contributed by atoms with van der Waals surface area (Å²) in [6.07, 6.45) is 1.67. The van der Waals surface area contributed by atoms with Crippen LogP contribution in [0.15, 0.2) is 10.5 Å². The minimum Gasteiger partial charge on any atom is -0.258 e. The van der Waals surface area contributed by atoms with Gasteiger partial charge in [0.05, 0.1) is 21.0 Å². The number of hydrogen-bond acceptors (Lipinski definition) is 3. The second kappa shape index (κ2) is 6.85. The van der Waals surface area contributed by atoms with Crippen LogP contribution in [0.2, 0.25) is 0 Å². The molecular weight excluding hydrogens is 320 g/mol. The second-order valence-electron chi connectivity index (χ2n) is 5.08. The zero-order chi connectivity index (χ0) is 15.4. The molecule has 0 N–H and O–H groups in total. The standard InChI is InChI=1S/C15H19BrN2O2/c1-5-9(3)11-7-13(18(19)20)15(16)14(10(4)6-2)12(11)8-17/h7,9-10H,5-6H2,1-4H3. The van der Waals surface area contributed by atoms with Crippen LogP contribution in [0.25, 0.3) is 0 Å². The fourth-order valence-corrected chi connectivity index (χ4v) is 3.07. The van der Waals surface area contributed by atoms with E-state index in [1.54, 1.807) is 6.07 Å². The first kappa shape index (κ1) is 16.6. The molecule has 0 aromatic heterocycles. The third-order valence-corrected chi connectivity index (χ3v) is 4.70. The van der Waals surface area contributed by atoms with Gasteiger partial charge in [0.25, 0.3) is 5.69 Å². The number of nitro benzene ring substituents is 1. The third kappa shape index (κ3) is 3.01. The number of hydrogen-bond donors (Lipinski definition) is 0. The molecule has 2 unspecified atom stereocenters. The van der Waals surface area contributed by atoms with Crippen molar-refractivity contribution in [1.29, 1.82) is 5.26 Å². The predicted molar refractivity (Wildman–Crippen MR) is 82.9 cm³/mol. The van der Waals surface area contributed by atoms with Crippen molar-refractivity contribution >= 4 is 21.6 Å². The number of nitro groups is 1. The van der Waals surface area contributed by atoms with E-state index in [1.165, 1.54) is 0 Å². The van der Waals surface area contributed by atoms with E-state index in [4.69, 9.17) is 0 Å². The molecule has 2 atom stereocenters. The molecular formula is C15H19BrN2O2. The van der Waals surface area contributed by atoms with E-state index in [2.05, 4.69) is 22.0 Å². The van der Waals surface area contributed by atoms with E-state index in [-0.39, 0.29) is 22.4 Å². The van der Waals surface area contributed by atoms with Crippen LogP contribution in [0.1, 0.15) is 69.1 Å². The van der Waals surface area contributed by atoms with E-state index in [1.807, 2.05) is 27.7 Å². The molecule has 4 nitrogen and oxygen atoms in total. The lowest BCUT2D eigenvalue weighted by Gasteiger charge is -2.19. The highest BCUT2D eigenvalue weighted by Gasteiger charge is 2.26. The van der Waals surface area contributed by atoms with Gasteiger partial charge in [-0.15, -0.1) is 0 Å². The second-order valence-corrected chi connectivity index (χ2v) is 5.87. The van der Waals surface area contributed by atoms with Gasteiger partial charge in [-0.25, -0.2) is 0 Å². The Kier molecular flexibility index (Phi) is 5.70. The lowest BCUT2D eigenvalue weighted by molar-refractivity contribution is -0.385. The third-order valence-electron chi connectivity index (χ3n) is 3.87. The Morgan fingerprint density at radius 3 is 2.30 bits per heavy atom. The summed E-state index contributed by atoms with van der Waals surface area (Å²) in [5.74, 6) is 0.223. The quantitative estimate of drug-likeness (QED) is 0.543. The summed E-state index contributed by atoms with van der Waals surface area (Å²) in [6.45, 7) is 8.02. The molecule has 5 heteroatoms. The molecule has 20 heavy (non-hydrogen) atoms. The highest BCUT2D eigenvalue weighted by molar-refractivity contribution is 9.10. The van der Waals surface area contributed by atoms with Crippen LogP contribution in [0, 0.1) is 21.4 Å². The zero-order valence-corrected chi connectivity index (χ0v) is 13.8. The Balaban J connectivity index is 3.75. The van der Waals surface area contributed by atoms with Crippen molar-refractivity contribution in [3.8, 4) is 6.07 Å². The average molecular weight is 339 g/mol. The van der Waals surface area contributed by atoms with Crippen molar-refractivity contribution < 1.29 is 4.92 Å². The summed E-state index contributed by atoms with van der Waals surface area (Å²) < 4.78 is 0.445. The summed E-state index contributed by atoms with van der Waals surface area (Å²) in [5.41, 5.74) is 2.18. The van der Waals surface area contributed by atoms with Crippen LogP contribution >= 0.6 is 15.9 Å².